The molecule has 28 heavy (non-hydrogen) atoms. The lowest BCUT2D eigenvalue weighted by Gasteiger charge is -2.39. The molecule has 3 aliphatic heterocycles. The molecule has 1 amide bonds. The standard InChI is InChI=1S/C22H24FN3O2/c23-15-4-1-5-16(12-15)28-11-3-9-25-10-8-20-18(13-25)17-6-2-7-19-22(17)26(20)14-21(27)24-19/h1-2,4-7,12,18,20H,3,8-11,13-14H2,(H,24,27). The van der Waals surface area contributed by atoms with Crippen LogP contribution in [0.3, 0.4) is 0 Å². The minimum Gasteiger partial charge on any atom is -0.493 e. The van der Waals surface area contributed by atoms with E-state index < -0.39 is 0 Å². The molecule has 3 aliphatic rings. The van der Waals surface area contributed by atoms with Gasteiger partial charge in [-0.2, -0.15) is 0 Å². The van der Waals surface area contributed by atoms with Gasteiger partial charge in [-0.15, -0.1) is 0 Å². The summed E-state index contributed by atoms with van der Waals surface area (Å²) in [5.41, 5.74) is 3.55. The molecular weight excluding hydrogens is 357 g/mol. The highest BCUT2D eigenvalue weighted by molar-refractivity contribution is 6.03. The van der Waals surface area contributed by atoms with E-state index in [0.717, 1.165) is 38.2 Å². The lowest BCUT2D eigenvalue weighted by atomic mass is 9.89. The molecule has 146 valence electrons. The van der Waals surface area contributed by atoms with Gasteiger partial charge in [0, 0.05) is 37.7 Å². The van der Waals surface area contributed by atoms with Gasteiger partial charge < -0.3 is 19.9 Å². The summed E-state index contributed by atoms with van der Waals surface area (Å²) in [6, 6.07) is 13.0. The number of halogens is 1. The Kier molecular flexibility index (Phi) is 4.43. The first-order valence-corrected chi connectivity index (χ1v) is 9.99. The zero-order valence-electron chi connectivity index (χ0n) is 15.7. The third kappa shape index (κ3) is 3.11. The van der Waals surface area contributed by atoms with E-state index >= 15 is 0 Å². The van der Waals surface area contributed by atoms with Crippen molar-refractivity contribution in [1.29, 1.82) is 0 Å². The Hall–Kier alpha value is -2.60. The van der Waals surface area contributed by atoms with Crippen LogP contribution in [0.4, 0.5) is 15.8 Å². The first-order valence-electron chi connectivity index (χ1n) is 9.99. The second-order valence-corrected chi connectivity index (χ2v) is 7.84. The average molecular weight is 381 g/mol. The summed E-state index contributed by atoms with van der Waals surface area (Å²) in [6.45, 7) is 4.05. The second kappa shape index (κ2) is 7.09. The van der Waals surface area contributed by atoms with E-state index in [1.807, 2.05) is 12.1 Å². The highest BCUT2D eigenvalue weighted by Gasteiger charge is 2.44. The maximum Gasteiger partial charge on any atom is 0.243 e. The summed E-state index contributed by atoms with van der Waals surface area (Å²) in [5, 5.41) is 3.02. The van der Waals surface area contributed by atoms with Gasteiger partial charge in [0.15, 0.2) is 0 Å². The molecule has 5 nitrogen and oxygen atoms in total. The minimum absolute atomic E-state index is 0.0854. The van der Waals surface area contributed by atoms with Crippen LogP contribution in [0, 0.1) is 5.82 Å². The van der Waals surface area contributed by atoms with Gasteiger partial charge in [-0.25, -0.2) is 4.39 Å². The predicted octanol–water partition coefficient (Wildman–Crippen LogP) is 3.22. The third-order valence-electron chi connectivity index (χ3n) is 6.09. The van der Waals surface area contributed by atoms with Crippen LogP contribution in [0.2, 0.25) is 0 Å². The van der Waals surface area contributed by atoms with Crippen molar-refractivity contribution in [3.05, 3.63) is 53.8 Å². The number of likely N-dealkylation sites (tertiary alicyclic amines) is 1. The fraction of sp³-hybridized carbons (Fsp3) is 0.409. The van der Waals surface area contributed by atoms with Crippen LogP contribution in [0.1, 0.15) is 24.3 Å². The Morgan fingerprint density at radius 3 is 3.00 bits per heavy atom. The van der Waals surface area contributed by atoms with Crippen LogP contribution in [-0.4, -0.2) is 49.6 Å². The van der Waals surface area contributed by atoms with Gasteiger partial charge in [-0.05, 0) is 36.6 Å². The van der Waals surface area contributed by atoms with Gasteiger partial charge in [0.25, 0.3) is 0 Å². The Morgan fingerprint density at radius 1 is 1.21 bits per heavy atom. The molecule has 2 aromatic rings. The number of ether oxygens (including phenoxy) is 1. The van der Waals surface area contributed by atoms with Gasteiger partial charge >= 0.3 is 0 Å². The summed E-state index contributed by atoms with van der Waals surface area (Å²) < 4.78 is 18.9. The van der Waals surface area contributed by atoms with Crippen molar-refractivity contribution in [3.63, 3.8) is 0 Å². The van der Waals surface area contributed by atoms with Crippen molar-refractivity contribution in [2.45, 2.75) is 24.8 Å². The van der Waals surface area contributed by atoms with Crippen LogP contribution in [0.5, 0.6) is 5.75 Å². The highest BCUT2D eigenvalue weighted by Crippen LogP contribution is 2.49. The van der Waals surface area contributed by atoms with Gasteiger partial charge in [0.1, 0.15) is 11.6 Å². The molecule has 6 heteroatoms. The van der Waals surface area contributed by atoms with Crippen LogP contribution < -0.4 is 15.0 Å². The van der Waals surface area contributed by atoms with Crippen molar-refractivity contribution in [2.75, 3.05) is 43.0 Å². The molecule has 5 rings (SSSR count). The molecule has 2 unspecified atom stereocenters. The number of rotatable bonds is 5. The number of para-hydroxylation sites is 1. The molecule has 2 atom stereocenters. The Balaban J connectivity index is 1.21. The fourth-order valence-corrected chi connectivity index (χ4v) is 4.91. The summed E-state index contributed by atoms with van der Waals surface area (Å²) in [7, 11) is 0. The van der Waals surface area contributed by atoms with Crippen molar-refractivity contribution in [2.24, 2.45) is 0 Å². The van der Waals surface area contributed by atoms with Crippen molar-refractivity contribution in [3.8, 4) is 5.75 Å². The van der Waals surface area contributed by atoms with Crippen LogP contribution >= 0.6 is 0 Å². The van der Waals surface area contributed by atoms with Gasteiger partial charge in [0.2, 0.25) is 5.91 Å². The van der Waals surface area contributed by atoms with Crippen molar-refractivity contribution >= 4 is 17.3 Å². The molecule has 0 bridgehead atoms. The van der Waals surface area contributed by atoms with Crippen molar-refractivity contribution in [1.82, 2.24) is 4.90 Å². The van der Waals surface area contributed by atoms with E-state index in [1.54, 1.807) is 12.1 Å². The zero-order valence-corrected chi connectivity index (χ0v) is 15.7. The molecule has 1 N–H and O–H groups in total. The van der Waals surface area contributed by atoms with Crippen LogP contribution in [0.15, 0.2) is 42.5 Å². The molecule has 0 radical (unpaired) electrons. The number of anilines is 2. The molecule has 2 aromatic carbocycles. The Bertz CT molecular complexity index is 903. The Labute approximate surface area is 164 Å². The van der Waals surface area contributed by atoms with Gasteiger partial charge in [-0.1, -0.05) is 18.2 Å². The molecule has 1 saturated heterocycles. The van der Waals surface area contributed by atoms with E-state index in [0.29, 0.717) is 30.9 Å². The molecule has 0 saturated carbocycles. The molecule has 0 aromatic heterocycles. The fourth-order valence-electron chi connectivity index (χ4n) is 4.91. The number of nitrogens with zero attached hydrogens (tertiary/aromatic N) is 2. The van der Waals surface area contributed by atoms with Gasteiger partial charge in [0.05, 0.1) is 24.5 Å². The van der Waals surface area contributed by atoms with E-state index in [9.17, 15) is 9.18 Å². The number of carbonyl (C=O) groups excluding carboxylic acids is 1. The van der Waals surface area contributed by atoms with Crippen molar-refractivity contribution < 1.29 is 13.9 Å². The second-order valence-electron chi connectivity index (χ2n) is 7.84. The number of benzene rings is 2. The number of hydrogen-bond donors (Lipinski definition) is 1. The lowest BCUT2D eigenvalue weighted by molar-refractivity contribution is -0.115. The number of nitrogens with one attached hydrogen (secondary N) is 1. The Morgan fingerprint density at radius 2 is 2.11 bits per heavy atom. The number of hydrogen-bond acceptors (Lipinski definition) is 4. The summed E-state index contributed by atoms with van der Waals surface area (Å²) in [6.07, 6.45) is 1.97. The van der Waals surface area contributed by atoms with E-state index in [4.69, 9.17) is 4.74 Å². The SMILES string of the molecule is O=C1CN2c3c(cccc3C3CN(CCCOc4cccc(F)c4)CCC32)N1. The highest BCUT2D eigenvalue weighted by atomic mass is 19.1. The number of carbonyl (C=O) groups is 1. The molecule has 0 aliphatic carbocycles. The number of fused-ring (bicyclic) bond motifs is 3. The molecule has 3 heterocycles. The van der Waals surface area contributed by atoms with E-state index in [-0.39, 0.29) is 11.7 Å². The van der Waals surface area contributed by atoms with Gasteiger partial charge in [-0.3, -0.25) is 4.79 Å². The average Bonchev–Trinajstić information content (AvgIpc) is 3.00. The maximum absolute atomic E-state index is 13.2. The van der Waals surface area contributed by atoms with Crippen LogP contribution in [0.25, 0.3) is 0 Å². The summed E-state index contributed by atoms with van der Waals surface area (Å²) in [5.74, 6) is 0.846. The maximum atomic E-state index is 13.2. The van der Waals surface area contributed by atoms with E-state index in [1.165, 1.54) is 23.4 Å². The third-order valence-corrected chi connectivity index (χ3v) is 6.09. The quantitative estimate of drug-likeness (QED) is 0.808. The van der Waals surface area contributed by atoms with E-state index in [2.05, 4.69) is 21.2 Å². The first kappa shape index (κ1) is 17.5. The molecule has 1 fully saturated rings. The number of piperidine rings is 1. The minimum atomic E-state index is -0.270. The monoisotopic (exact) mass is 381 g/mol. The topological polar surface area (TPSA) is 44.8 Å². The zero-order chi connectivity index (χ0) is 19.1. The summed E-state index contributed by atoms with van der Waals surface area (Å²) in [4.78, 5) is 16.9. The normalized spacial score (nSPS) is 23.2. The molecule has 0 spiro atoms. The number of amides is 1. The predicted molar refractivity (Wildman–Crippen MR) is 107 cm³/mol. The smallest absolute Gasteiger partial charge is 0.243 e. The largest absolute Gasteiger partial charge is 0.493 e. The first-order chi connectivity index (χ1) is 13.7. The molecular formula is C22H24FN3O2. The lowest BCUT2D eigenvalue weighted by Crippen LogP contribution is -2.49. The summed E-state index contributed by atoms with van der Waals surface area (Å²) >= 11 is 0. The van der Waals surface area contributed by atoms with Crippen LogP contribution in [-0.2, 0) is 4.79 Å².